The van der Waals surface area contributed by atoms with Gasteiger partial charge in [-0.2, -0.15) is 0 Å². The van der Waals surface area contributed by atoms with Crippen LogP contribution in [0.15, 0.2) is 24.3 Å². The van der Waals surface area contributed by atoms with Crippen LogP contribution in [0.25, 0.3) is 0 Å². The summed E-state index contributed by atoms with van der Waals surface area (Å²) in [7, 11) is 0. The average molecular weight is 411 g/mol. The van der Waals surface area contributed by atoms with Gasteiger partial charge in [0.2, 0.25) is 0 Å². The van der Waals surface area contributed by atoms with Crippen LogP contribution in [0.1, 0.15) is 39.7 Å². The first-order chi connectivity index (χ1) is 11.7. The van der Waals surface area contributed by atoms with Crippen LogP contribution in [0.3, 0.4) is 0 Å². The van der Waals surface area contributed by atoms with Gasteiger partial charge >= 0.3 is 12.2 Å². The number of nitrogens with zero attached hydrogens (tertiary/aromatic N) is 2. The molecule has 0 N–H and O–H groups in total. The lowest BCUT2D eigenvalue weighted by Crippen LogP contribution is -2.53. The Labute approximate surface area is 156 Å². The van der Waals surface area contributed by atoms with Crippen LogP contribution < -0.4 is 4.90 Å². The SMILES string of the molecule is CCOC(=O)N1CCC2(Br)c3ccccc3N(C(=O)OC(C)(C)C)[C@H]12. The zero-order valence-electron chi connectivity index (χ0n) is 14.9. The fourth-order valence-electron chi connectivity index (χ4n) is 3.47. The minimum atomic E-state index is -0.628. The summed E-state index contributed by atoms with van der Waals surface area (Å²) in [5.41, 5.74) is 1.11. The number of hydrogen-bond donors (Lipinski definition) is 0. The molecule has 0 aliphatic carbocycles. The molecule has 0 spiro atoms. The first-order valence-electron chi connectivity index (χ1n) is 8.43. The van der Waals surface area contributed by atoms with E-state index < -0.39 is 28.3 Å². The number of para-hydroxylation sites is 1. The molecule has 1 saturated heterocycles. The highest BCUT2D eigenvalue weighted by Gasteiger charge is 2.60. The maximum atomic E-state index is 12.9. The van der Waals surface area contributed by atoms with E-state index in [1.807, 2.05) is 45.0 Å². The molecular weight excluding hydrogens is 388 g/mol. The highest BCUT2D eigenvalue weighted by atomic mass is 79.9. The third-order valence-electron chi connectivity index (χ3n) is 4.37. The van der Waals surface area contributed by atoms with Gasteiger partial charge < -0.3 is 9.47 Å². The van der Waals surface area contributed by atoms with Crippen LogP contribution in [0.4, 0.5) is 15.3 Å². The van der Waals surface area contributed by atoms with Crippen LogP contribution in [0.5, 0.6) is 0 Å². The van der Waals surface area contributed by atoms with E-state index in [4.69, 9.17) is 9.47 Å². The molecule has 0 bridgehead atoms. The largest absolute Gasteiger partial charge is 0.450 e. The Kier molecular flexibility index (Phi) is 4.47. The Morgan fingerprint density at radius 3 is 2.60 bits per heavy atom. The summed E-state index contributed by atoms with van der Waals surface area (Å²) in [4.78, 5) is 28.5. The van der Waals surface area contributed by atoms with E-state index in [2.05, 4.69) is 15.9 Å². The van der Waals surface area contributed by atoms with Crippen molar-refractivity contribution >= 4 is 33.8 Å². The number of likely N-dealkylation sites (tertiary alicyclic amines) is 1. The molecule has 2 amide bonds. The summed E-state index contributed by atoms with van der Waals surface area (Å²) in [6.45, 7) is 8.04. The van der Waals surface area contributed by atoms with E-state index in [9.17, 15) is 9.59 Å². The molecular formula is C18H23BrN2O4. The standard InChI is InChI=1S/C18H23BrN2O4/c1-5-24-15(22)20-11-10-18(19)12-8-6-7-9-13(12)21(14(18)20)16(23)25-17(2,3)4/h6-9,14H,5,10-11H2,1-4H3/t14-,18?/m0/s1. The van der Waals surface area contributed by atoms with E-state index in [1.54, 1.807) is 16.7 Å². The highest BCUT2D eigenvalue weighted by Crippen LogP contribution is 2.56. The van der Waals surface area contributed by atoms with Crippen molar-refractivity contribution in [3.63, 3.8) is 0 Å². The van der Waals surface area contributed by atoms with Crippen molar-refractivity contribution in [3.8, 4) is 0 Å². The number of benzene rings is 1. The molecule has 136 valence electrons. The molecule has 2 aliphatic heterocycles. The van der Waals surface area contributed by atoms with E-state index in [1.165, 1.54) is 0 Å². The number of anilines is 1. The van der Waals surface area contributed by atoms with Crippen molar-refractivity contribution in [2.75, 3.05) is 18.1 Å². The Morgan fingerprint density at radius 1 is 1.28 bits per heavy atom. The topological polar surface area (TPSA) is 59.1 Å². The van der Waals surface area contributed by atoms with Gasteiger partial charge in [0, 0.05) is 6.54 Å². The number of carbonyl (C=O) groups excluding carboxylic acids is 2. The van der Waals surface area contributed by atoms with Gasteiger partial charge in [0.15, 0.2) is 0 Å². The number of fused-ring (bicyclic) bond motifs is 3. The average Bonchev–Trinajstić information content (AvgIpc) is 2.97. The Hall–Kier alpha value is -1.76. The van der Waals surface area contributed by atoms with Crippen LogP contribution in [-0.2, 0) is 13.8 Å². The monoisotopic (exact) mass is 410 g/mol. The van der Waals surface area contributed by atoms with Crippen molar-refractivity contribution in [1.82, 2.24) is 4.90 Å². The zero-order valence-corrected chi connectivity index (χ0v) is 16.5. The summed E-state index contributed by atoms with van der Waals surface area (Å²) < 4.78 is 10.3. The fraction of sp³-hybridized carbons (Fsp3) is 0.556. The highest BCUT2D eigenvalue weighted by molar-refractivity contribution is 9.09. The molecule has 1 unspecified atom stereocenters. The Morgan fingerprint density at radius 2 is 1.96 bits per heavy atom. The first-order valence-corrected chi connectivity index (χ1v) is 9.22. The van der Waals surface area contributed by atoms with Gasteiger partial charge in [-0.1, -0.05) is 34.1 Å². The molecule has 2 atom stereocenters. The number of halogens is 1. The number of alkyl halides is 1. The van der Waals surface area contributed by atoms with Crippen LogP contribution in [0.2, 0.25) is 0 Å². The summed E-state index contributed by atoms with van der Waals surface area (Å²) in [5.74, 6) is 0. The lowest BCUT2D eigenvalue weighted by Gasteiger charge is -2.34. The minimum Gasteiger partial charge on any atom is -0.450 e. The van der Waals surface area contributed by atoms with Crippen LogP contribution >= 0.6 is 15.9 Å². The van der Waals surface area contributed by atoms with Gasteiger partial charge in [-0.25, -0.2) is 9.59 Å². The second-order valence-corrected chi connectivity index (χ2v) is 8.66. The third-order valence-corrected chi connectivity index (χ3v) is 5.60. The lowest BCUT2D eigenvalue weighted by molar-refractivity contribution is 0.0518. The van der Waals surface area contributed by atoms with Gasteiger partial charge in [0.05, 0.1) is 16.6 Å². The van der Waals surface area contributed by atoms with E-state index in [-0.39, 0.29) is 6.61 Å². The van der Waals surface area contributed by atoms with Crippen LogP contribution in [-0.4, -0.2) is 42.0 Å². The van der Waals surface area contributed by atoms with Crippen molar-refractivity contribution in [2.24, 2.45) is 0 Å². The minimum absolute atomic E-state index is 0.288. The predicted octanol–water partition coefficient (Wildman–Crippen LogP) is 4.22. The number of amides is 2. The van der Waals surface area contributed by atoms with E-state index in [0.29, 0.717) is 13.0 Å². The summed E-state index contributed by atoms with van der Waals surface area (Å²) in [6.07, 6.45) is -0.719. The lowest BCUT2D eigenvalue weighted by atomic mass is 9.98. The maximum absolute atomic E-state index is 12.9. The quantitative estimate of drug-likeness (QED) is 0.650. The Balaban J connectivity index is 2.04. The van der Waals surface area contributed by atoms with Crippen LogP contribution in [0, 0.1) is 0 Å². The normalized spacial score (nSPS) is 24.8. The van der Waals surface area contributed by atoms with Crippen molar-refractivity contribution < 1.29 is 19.1 Å². The molecule has 3 rings (SSSR count). The van der Waals surface area contributed by atoms with Gasteiger partial charge in [0.25, 0.3) is 0 Å². The maximum Gasteiger partial charge on any atom is 0.416 e. The Bertz CT molecular complexity index is 703. The van der Waals surface area contributed by atoms with Gasteiger partial charge in [-0.05, 0) is 45.7 Å². The van der Waals surface area contributed by atoms with Gasteiger partial charge in [0.1, 0.15) is 11.8 Å². The van der Waals surface area contributed by atoms with E-state index >= 15 is 0 Å². The second-order valence-electron chi connectivity index (χ2n) is 7.25. The van der Waals surface area contributed by atoms with Gasteiger partial charge in [-0.3, -0.25) is 9.80 Å². The molecule has 6 nitrogen and oxygen atoms in total. The molecule has 1 fully saturated rings. The molecule has 0 radical (unpaired) electrons. The molecule has 1 aromatic carbocycles. The molecule has 2 aliphatic rings. The molecule has 1 aromatic rings. The zero-order chi connectivity index (χ0) is 18.4. The molecule has 7 heteroatoms. The molecule has 0 saturated carbocycles. The van der Waals surface area contributed by atoms with E-state index in [0.717, 1.165) is 11.3 Å². The molecule has 2 heterocycles. The number of rotatable bonds is 1. The summed E-state index contributed by atoms with van der Waals surface area (Å²) in [6, 6.07) is 7.67. The van der Waals surface area contributed by atoms with Gasteiger partial charge in [-0.15, -0.1) is 0 Å². The number of ether oxygens (including phenoxy) is 2. The smallest absolute Gasteiger partial charge is 0.416 e. The second kappa shape index (κ2) is 6.20. The first kappa shape index (κ1) is 18.0. The molecule has 0 aromatic heterocycles. The summed E-state index contributed by atoms with van der Waals surface area (Å²) >= 11 is 3.82. The number of hydrogen-bond acceptors (Lipinski definition) is 4. The number of carbonyl (C=O) groups is 2. The van der Waals surface area contributed by atoms with Crippen molar-refractivity contribution in [2.45, 2.75) is 50.2 Å². The fourth-order valence-corrected chi connectivity index (χ4v) is 4.44. The van der Waals surface area contributed by atoms with Crippen molar-refractivity contribution in [3.05, 3.63) is 29.8 Å². The summed E-state index contributed by atoms with van der Waals surface area (Å²) in [5, 5.41) is 0. The predicted molar refractivity (Wildman–Crippen MR) is 97.9 cm³/mol. The molecule has 25 heavy (non-hydrogen) atoms. The third kappa shape index (κ3) is 2.99. The van der Waals surface area contributed by atoms with Crippen molar-refractivity contribution in [1.29, 1.82) is 0 Å².